The molecule has 1 N–H and O–H groups in total. The predicted molar refractivity (Wildman–Crippen MR) is 76.1 cm³/mol. The Balaban J connectivity index is 2.05. The smallest absolute Gasteiger partial charge is 0.308 e. The van der Waals surface area contributed by atoms with Crippen LogP contribution in [0.3, 0.4) is 0 Å². The Bertz CT molecular complexity index is 472. The summed E-state index contributed by atoms with van der Waals surface area (Å²) in [7, 11) is 3.19. The number of esters is 1. The quantitative estimate of drug-likeness (QED) is 0.836. The van der Waals surface area contributed by atoms with Crippen molar-refractivity contribution in [1.82, 2.24) is 5.32 Å². The van der Waals surface area contributed by atoms with Gasteiger partial charge in [0.15, 0.2) is 5.78 Å². The van der Waals surface area contributed by atoms with Crippen molar-refractivity contribution in [2.45, 2.75) is 25.3 Å². The van der Waals surface area contributed by atoms with Crippen LogP contribution in [0.4, 0.5) is 0 Å². The van der Waals surface area contributed by atoms with Crippen LogP contribution >= 0.6 is 0 Å². The zero-order valence-electron chi connectivity index (χ0n) is 12.0. The maximum absolute atomic E-state index is 12.6. The third kappa shape index (κ3) is 3.07. The monoisotopic (exact) mass is 275 g/mol. The van der Waals surface area contributed by atoms with Gasteiger partial charge in [-0.1, -0.05) is 30.3 Å². The predicted octanol–water partition coefficient (Wildman–Crippen LogP) is 2.11. The molecule has 0 radical (unpaired) electrons. The topological polar surface area (TPSA) is 55.4 Å². The Morgan fingerprint density at radius 1 is 1.20 bits per heavy atom. The second kappa shape index (κ2) is 6.66. The van der Waals surface area contributed by atoms with Gasteiger partial charge in [-0.2, -0.15) is 0 Å². The minimum Gasteiger partial charge on any atom is -0.469 e. The molecule has 4 nitrogen and oxygen atoms in total. The van der Waals surface area contributed by atoms with Gasteiger partial charge in [0.1, 0.15) is 0 Å². The highest BCUT2D eigenvalue weighted by molar-refractivity contribution is 5.88. The minimum atomic E-state index is -0.294. The molecule has 3 atom stereocenters. The van der Waals surface area contributed by atoms with Gasteiger partial charge in [-0.3, -0.25) is 9.59 Å². The fourth-order valence-corrected chi connectivity index (χ4v) is 2.98. The summed E-state index contributed by atoms with van der Waals surface area (Å²) in [5.41, 5.74) is 0.974. The van der Waals surface area contributed by atoms with Crippen molar-refractivity contribution in [3.63, 3.8) is 0 Å². The second-order valence-corrected chi connectivity index (χ2v) is 5.26. The largest absolute Gasteiger partial charge is 0.469 e. The highest BCUT2D eigenvalue weighted by atomic mass is 16.5. The Labute approximate surface area is 119 Å². The first kappa shape index (κ1) is 14.7. The molecular formula is C16H21NO3. The average Bonchev–Trinajstić information content (AvgIpc) is 2.98. The molecule has 1 aromatic rings. The maximum atomic E-state index is 12.6. The van der Waals surface area contributed by atoms with Crippen molar-refractivity contribution in [2.24, 2.45) is 11.8 Å². The number of carbonyl (C=O) groups excluding carboxylic acids is 2. The van der Waals surface area contributed by atoms with E-state index in [1.54, 1.807) is 7.05 Å². The summed E-state index contributed by atoms with van der Waals surface area (Å²) < 4.78 is 4.77. The third-order valence-electron chi connectivity index (χ3n) is 4.08. The lowest BCUT2D eigenvalue weighted by Crippen LogP contribution is -2.30. The molecule has 0 spiro atoms. The van der Waals surface area contributed by atoms with Crippen molar-refractivity contribution >= 4 is 11.8 Å². The van der Waals surface area contributed by atoms with Gasteiger partial charge in [-0.25, -0.2) is 0 Å². The van der Waals surface area contributed by atoms with Crippen molar-refractivity contribution in [2.75, 3.05) is 14.2 Å². The molecule has 1 fully saturated rings. The second-order valence-electron chi connectivity index (χ2n) is 5.26. The molecule has 1 aliphatic rings. The lowest BCUT2D eigenvalue weighted by molar-refractivity contribution is -0.145. The number of Topliss-reactive ketones (excluding diaryl/α,β-unsaturated/α-hetero) is 1. The fourth-order valence-electron chi connectivity index (χ4n) is 2.98. The first-order chi connectivity index (χ1) is 9.67. The summed E-state index contributed by atoms with van der Waals surface area (Å²) in [5, 5.41) is 3.09. The lowest BCUT2D eigenvalue weighted by Gasteiger charge is -2.19. The number of hydrogen-bond donors (Lipinski definition) is 1. The van der Waals surface area contributed by atoms with E-state index in [0.29, 0.717) is 6.42 Å². The van der Waals surface area contributed by atoms with E-state index in [4.69, 9.17) is 4.74 Å². The SMILES string of the molecule is CN[C@H](C(=O)[C@H]1CC[C@@H](C(=O)OC)C1)c1ccccc1. The van der Waals surface area contributed by atoms with E-state index in [0.717, 1.165) is 18.4 Å². The van der Waals surface area contributed by atoms with Crippen molar-refractivity contribution in [3.05, 3.63) is 35.9 Å². The van der Waals surface area contributed by atoms with Gasteiger partial charge in [-0.15, -0.1) is 0 Å². The Morgan fingerprint density at radius 2 is 1.85 bits per heavy atom. The summed E-state index contributed by atoms with van der Waals surface area (Å²) in [6.07, 6.45) is 2.12. The van der Waals surface area contributed by atoms with E-state index < -0.39 is 0 Å². The van der Waals surface area contributed by atoms with E-state index in [-0.39, 0.29) is 29.6 Å². The molecule has 108 valence electrons. The zero-order valence-corrected chi connectivity index (χ0v) is 12.0. The van der Waals surface area contributed by atoms with Crippen LogP contribution in [0.5, 0.6) is 0 Å². The van der Waals surface area contributed by atoms with Crippen molar-refractivity contribution in [1.29, 1.82) is 0 Å². The summed E-state index contributed by atoms with van der Waals surface area (Å²) in [6.45, 7) is 0. The number of nitrogens with one attached hydrogen (secondary N) is 1. The zero-order chi connectivity index (χ0) is 14.5. The number of benzene rings is 1. The molecule has 1 saturated carbocycles. The standard InChI is InChI=1S/C16H21NO3/c1-17-14(11-6-4-3-5-7-11)15(18)12-8-9-13(10-12)16(19)20-2/h3-7,12-14,17H,8-10H2,1-2H3/t12-,13+,14-/m0/s1. The maximum Gasteiger partial charge on any atom is 0.308 e. The van der Waals surface area contributed by atoms with Crippen LogP contribution in [0.25, 0.3) is 0 Å². The third-order valence-corrected chi connectivity index (χ3v) is 4.08. The van der Waals surface area contributed by atoms with E-state index in [9.17, 15) is 9.59 Å². The summed E-state index contributed by atoms with van der Waals surface area (Å²) in [4.78, 5) is 24.2. The molecule has 0 bridgehead atoms. The Kier molecular flexibility index (Phi) is 4.90. The Hall–Kier alpha value is -1.68. The first-order valence-electron chi connectivity index (χ1n) is 7.01. The van der Waals surface area contributed by atoms with Crippen LogP contribution in [0.1, 0.15) is 30.9 Å². The summed E-state index contributed by atoms with van der Waals surface area (Å²) in [6, 6.07) is 9.40. The number of ether oxygens (including phenoxy) is 1. The molecule has 0 aromatic heterocycles. The van der Waals surface area contributed by atoms with E-state index in [2.05, 4.69) is 5.32 Å². The number of rotatable bonds is 5. The van der Waals surface area contributed by atoms with Crippen LogP contribution in [0.15, 0.2) is 30.3 Å². The van der Waals surface area contributed by atoms with Gasteiger partial charge in [0.25, 0.3) is 0 Å². The van der Waals surface area contributed by atoms with Crippen molar-refractivity contribution in [3.8, 4) is 0 Å². The summed E-state index contributed by atoms with van der Waals surface area (Å²) >= 11 is 0. The van der Waals surface area contributed by atoms with Crippen molar-refractivity contribution < 1.29 is 14.3 Å². The number of methoxy groups -OCH3 is 1. The van der Waals surface area contributed by atoms with Crippen LogP contribution in [-0.4, -0.2) is 25.9 Å². The van der Waals surface area contributed by atoms with Crippen LogP contribution in [-0.2, 0) is 14.3 Å². The fraction of sp³-hybridized carbons (Fsp3) is 0.500. The van der Waals surface area contributed by atoms with Gasteiger partial charge >= 0.3 is 5.97 Å². The molecular weight excluding hydrogens is 254 g/mol. The van der Waals surface area contributed by atoms with E-state index in [1.807, 2.05) is 30.3 Å². The highest BCUT2D eigenvalue weighted by Gasteiger charge is 2.37. The molecule has 0 saturated heterocycles. The molecule has 1 aromatic carbocycles. The number of likely N-dealkylation sites (N-methyl/N-ethyl adjacent to an activating group) is 1. The lowest BCUT2D eigenvalue weighted by atomic mass is 9.91. The number of carbonyl (C=O) groups is 2. The number of ketones is 1. The Morgan fingerprint density at radius 3 is 2.45 bits per heavy atom. The van der Waals surface area contributed by atoms with Gasteiger partial charge in [0, 0.05) is 5.92 Å². The molecule has 0 unspecified atom stereocenters. The molecule has 1 aliphatic carbocycles. The van der Waals surface area contributed by atoms with Gasteiger partial charge in [-0.05, 0) is 31.9 Å². The van der Waals surface area contributed by atoms with Gasteiger partial charge < -0.3 is 10.1 Å². The first-order valence-corrected chi connectivity index (χ1v) is 7.01. The van der Waals surface area contributed by atoms with E-state index >= 15 is 0 Å². The van der Waals surface area contributed by atoms with E-state index in [1.165, 1.54) is 7.11 Å². The van der Waals surface area contributed by atoms with Crippen LogP contribution in [0, 0.1) is 11.8 Å². The minimum absolute atomic E-state index is 0.0586. The molecule has 0 aliphatic heterocycles. The normalized spacial score (nSPS) is 23.3. The molecule has 0 amide bonds. The van der Waals surface area contributed by atoms with Gasteiger partial charge in [0.05, 0.1) is 19.1 Å². The number of hydrogen-bond acceptors (Lipinski definition) is 4. The molecule has 2 rings (SSSR count). The van der Waals surface area contributed by atoms with Crippen LogP contribution in [0.2, 0.25) is 0 Å². The van der Waals surface area contributed by atoms with Crippen LogP contribution < -0.4 is 5.32 Å². The van der Waals surface area contributed by atoms with Gasteiger partial charge in [0.2, 0.25) is 0 Å². The summed E-state index contributed by atoms with van der Waals surface area (Å²) in [5.74, 6) is -0.204. The average molecular weight is 275 g/mol. The molecule has 20 heavy (non-hydrogen) atoms. The molecule has 4 heteroatoms. The molecule has 0 heterocycles. The highest BCUT2D eigenvalue weighted by Crippen LogP contribution is 2.35.